The van der Waals surface area contributed by atoms with E-state index in [9.17, 15) is 29.4 Å². The topological polar surface area (TPSA) is 176 Å². The Hall–Kier alpha value is -5.68. The highest BCUT2D eigenvalue weighted by atomic mass is 33.1. The molecular formula is C48H60N6O8S2+2. The van der Waals surface area contributed by atoms with Crippen LogP contribution in [-0.2, 0) is 35.2 Å². The van der Waals surface area contributed by atoms with Gasteiger partial charge in [-0.05, 0) is 73.2 Å². The zero-order chi connectivity index (χ0) is 45.7. The van der Waals surface area contributed by atoms with Crippen LogP contribution >= 0.6 is 21.6 Å². The number of ether oxygens (including phenoxy) is 2. The summed E-state index contributed by atoms with van der Waals surface area (Å²) in [7, 11) is 2.52. The van der Waals surface area contributed by atoms with Gasteiger partial charge in [0, 0.05) is 67.3 Å². The van der Waals surface area contributed by atoms with Crippen LogP contribution in [0, 0.1) is 0 Å². The van der Waals surface area contributed by atoms with E-state index in [2.05, 4.69) is 44.1 Å². The van der Waals surface area contributed by atoms with Crippen molar-refractivity contribution in [2.24, 2.45) is 0 Å². The van der Waals surface area contributed by atoms with Crippen LogP contribution < -0.4 is 30.0 Å². The third-order valence-electron chi connectivity index (χ3n) is 10.3. The second-order valence-electron chi connectivity index (χ2n) is 15.2. The summed E-state index contributed by atoms with van der Waals surface area (Å²) in [5.41, 5.74) is 5.98. The second kappa shape index (κ2) is 26.2. The number of amides is 2. The summed E-state index contributed by atoms with van der Waals surface area (Å²) in [5.74, 6) is -1.64. The molecule has 5 rings (SSSR count). The number of benzene rings is 2. The van der Waals surface area contributed by atoms with Crippen LogP contribution in [-0.4, -0.2) is 122 Å². The number of hydrogen-bond acceptors (Lipinski definition) is 12. The highest BCUT2D eigenvalue weighted by molar-refractivity contribution is 8.76. The Morgan fingerprint density at radius 1 is 0.766 bits per heavy atom. The van der Waals surface area contributed by atoms with E-state index in [1.54, 1.807) is 49.2 Å². The summed E-state index contributed by atoms with van der Waals surface area (Å²) in [5, 5.41) is 25.1. The van der Waals surface area contributed by atoms with Gasteiger partial charge in [-0.3, -0.25) is 9.59 Å². The van der Waals surface area contributed by atoms with Gasteiger partial charge in [0.15, 0.2) is 18.6 Å². The summed E-state index contributed by atoms with van der Waals surface area (Å²) < 4.78 is 12.2. The summed E-state index contributed by atoms with van der Waals surface area (Å²) in [4.78, 5) is 58.8. The molecule has 0 aliphatic carbocycles. The van der Waals surface area contributed by atoms with E-state index in [1.807, 2.05) is 72.8 Å². The van der Waals surface area contributed by atoms with E-state index in [-0.39, 0.29) is 55.9 Å². The van der Waals surface area contributed by atoms with Crippen molar-refractivity contribution in [2.75, 3.05) is 67.2 Å². The molecule has 2 fully saturated rings. The lowest BCUT2D eigenvalue weighted by atomic mass is 10.1. The monoisotopic (exact) mass is 912 g/mol. The van der Waals surface area contributed by atoms with Crippen LogP contribution in [0.25, 0.3) is 18.2 Å². The number of nitrogens with zero attached hydrogens (tertiary/aromatic N) is 3. The maximum absolute atomic E-state index is 13.1. The van der Waals surface area contributed by atoms with Crippen molar-refractivity contribution in [1.82, 2.24) is 10.6 Å². The van der Waals surface area contributed by atoms with Crippen molar-refractivity contribution in [3.63, 3.8) is 0 Å². The number of allylic oxidation sites excluding steroid dienone is 4. The quantitative estimate of drug-likeness (QED) is 0.0236. The lowest BCUT2D eigenvalue weighted by Crippen LogP contribution is -2.73. The lowest BCUT2D eigenvalue weighted by Gasteiger charge is -2.18. The maximum atomic E-state index is 13.1. The summed E-state index contributed by atoms with van der Waals surface area (Å²) in [6.45, 7) is 10.4. The van der Waals surface area contributed by atoms with E-state index in [1.165, 1.54) is 21.6 Å². The molecule has 0 spiro atoms. The SMILES string of the molecule is C=CC(/C=C/c1ccc(N2CCC(O)C2)cc1)=C\C=[NH+]CC(=O)NC(CSSCC(NC(=O)C[n+]1ccc(/C=C/c2ccc(N3CCC(O)C3)cc2)cc1)C(=O)OCC)C(=O)OCC. The van der Waals surface area contributed by atoms with Gasteiger partial charge < -0.3 is 40.1 Å². The fourth-order valence-electron chi connectivity index (χ4n) is 6.82. The first kappa shape index (κ1) is 49.3. The van der Waals surface area contributed by atoms with Crippen molar-refractivity contribution in [1.29, 1.82) is 0 Å². The predicted molar refractivity (Wildman–Crippen MR) is 255 cm³/mol. The molecule has 64 heavy (non-hydrogen) atoms. The maximum Gasteiger partial charge on any atom is 0.329 e. The Bertz CT molecular complexity index is 2130. The van der Waals surface area contributed by atoms with Crippen LogP contribution in [0.3, 0.4) is 0 Å². The van der Waals surface area contributed by atoms with E-state index >= 15 is 0 Å². The van der Waals surface area contributed by atoms with Gasteiger partial charge in [-0.1, -0.05) is 82.8 Å². The molecule has 0 bridgehead atoms. The molecule has 340 valence electrons. The average Bonchev–Trinajstić information content (AvgIpc) is 3.94. The minimum absolute atomic E-state index is 0.0187. The second-order valence-corrected chi connectivity index (χ2v) is 17.7. The molecule has 2 aromatic carbocycles. The highest BCUT2D eigenvalue weighted by Gasteiger charge is 2.27. The number of hydrogen-bond donors (Lipinski definition) is 5. The van der Waals surface area contributed by atoms with Gasteiger partial charge in [0.1, 0.15) is 12.1 Å². The number of rotatable bonds is 23. The van der Waals surface area contributed by atoms with Crippen LogP contribution in [0.2, 0.25) is 0 Å². The summed E-state index contributed by atoms with van der Waals surface area (Å²) in [6.07, 6.45) is 17.6. The molecule has 4 unspecified atom stereocenters. The molecule has 2 amide bonds. The van der Waals surface area contributed by atoms with Crippen molar-refractivity contribution in [3.05, 3.63) is 120 Å². The molecule has 1 aromatic heterocycles. The van der Waals surface area contributed by atoms with Gasteiger partial charge in [0.2, 0.25) is 13.1 Å². The highest BCUT2D eigenvalue weighted by Crippen LogP contribution is 2.25. The van der Waals surface area contributed by atoms with E-state index in [0.717, 1.165) is 59.6 Å². The van der Waals surface area contributed by atoms with Crippen molar-refractivity contribution < 1.29 is 48.4 Å². The Balaban J connectivity index is 1.05. The summed E-state index contributed by atoms with van der Waals surface area (Å²) >= 11 is 0. The molecule has 5 N–H and O–H groups in total. The third-order valence-corrected chi connectivity index (χ3v) is 12.7. The minimum atomic E-state index is -0.947. The molecule has 0 radical (unpaired) electrons. The average molecular weight is 913 g/mol. The Kier molecular flexibility index (Phi) is 20.2. The molecule has 3 heterocycles. The molecule has 2 aliphatic rings. The zero-order valence-corrected chi connectivity index (χ0v) is 38.1. The molecule has 2 saturated heterocycles. The minimum Gasteiger partial charge on any atom is -0.464 e. The van der Waals surface area contributed by atoms with Gasteiger partial charge in [-0.15, -0.1) is 0 Å². The number of anilines is 2. The molecule has 16 heteroatoms. The number of aliphatic hydroxyl groups is 2. The van der Waals surface area contributed by atoms with Gasteiger partial charge in [0.25, 0.3) is 11.8 Å². The predicted octanol–water partition coefficient (Wildman–Crippen LogP) is 2.74. The van der Waals surface area contributed by atoms with Crippen LogP contribution in [0.15, 0.2) is 103 Å². The number of aromatic nitrogens is 1. The normalized spacial score (nSPS) is 17.5. The van der Waals surface area contributed by atoms with Crippen LogP contribution in [0.1, 0.15) is 43.4 Å². The molecule has 3 aromatic rings. The number of esters is 2. The van der Waals surface area contributed by atoms with Crippen LogP contribution in [0.5, 0.6) is 0 Å². The zero-order valence-electron chi connectivity index (χ0n) is 36.5. The van der Waals surface area contributed by atoms with Gasteiger partial charge in [-0.25, -0.2) is 14.6 Å². The number of aliphatic hydroxyl groups excluding tert-OH is 2. The fourth-order valence-corrected chi connectivity index (χ4v) is 9.12. The molecule has 2 aliphatic heterocycles. The van der Waals surface area contributed by atoms with E-state index in [0.29, 0.717) is 13.1 Å². The number of nitrogens with one attached hydrogen (secondary N) is 3. The van der Waals surface area contributed by atoms with Crippen molar-refractivity contribution in [3.8, 4) is 0 Å². The lowest BCUT2D eigenvalue weighted by molar-refractivity contribution is -0.684. The van der Waals surface area contributed by atoms with Crippen molar-refractivity contribution in [2.45, 2.75) is 57.5 Å². The summed E-state index contributed by atoms with van der Waals surface area (Å²) in [6, 6.07) is 18.2. The first-order valence-electron chi connectivity index (χ1n) is 21.5. The number of pyridine rings is 1. The Labute approximate surface area is 383 Å². The standard InChI is InChI=1S/C48H58N6O8S2/c1-4-35(7-8-36-11-15-39(16-12-36)53-27-22-41(55)30-53)19-24-49-29-45(57)50-43(47(59)61-5-2)33-63-64-34-44(48(60)62-6-3)51-46(58)32-52-25-20-38(21-26-52)10-9-37-13-17-40(18-14-37)54-28-23-42(56)31-54/h4,7-21,24-26,41-44,55-56H,1,5-6,22-23,27-34H2,2-3H3,(H-,50,51,57,58)/p+2/b8-7+,35-19+,49-24?. The third kappa shape index (κ3) is 16.5. The number of β-amino-alcohol motifs (C(OH)–C–C–N with tert-alkyl or cyclic N) is 2. The Morgan fingerprint density at radius 2 is 1.25 bits per heavy atom. The van der Waals surface area contributed by atoms with Gasteiger partial charge in [0.05, 0.1) is 25.4 Å². The largest absolute Gasteiger partial charge is 0.464 e. The first-order valence-corrected chi connectivity index (χ1v) is 24.0. The first-order chi connectivity index (χ1) is 31.0. The van der Waals surface area contributed by atoms with Crippen molar-refractivity contribution >= 4 is 81.2 Å². The molecular weight excluding hydrogens is 853 g/mol. The fraction of sp³-hybridized carbons (Fsp3) is 0.375. The van der Waals surface area contributed by atoms with Gasteiger partial charge in [-0.2, -0.15) is 4.57 Å². The molecule has 0 saturated carbocycles. The number of carbonyl (C=O) groups is 4. The Morgan fingerprint density at radius 3 is 1.72 bits per heavy atom. The molecule has 14 nitrogen and oxygen atoms in total. The number of carbonyl (C=O) groups excluding carboxylic acids is 4. The van der Waals surface area contributed by atoms with Crippen LogP contribution in [0.4, 0.5) is 11.4 Å². The van der Waals surface area contributed by atoms with E-state index in [4.69, 9.17) is 9.47 Å². The molecule has 4 atom stereocenters. The smallest absolute Gasteiger partial charge is 0.329 e. The van der Waals surface area contributed by atoms with E-state index < -0.39 is 29.9 Å². The van der Waals surface area contributed by atoms with Gasteiger partial charge >= 0.3 is 11.9 Å².